The summed E-state index contributed by atoms with van der Waals surface area (Å²) in [4.78, 5) is 33.6. The second kappa shape index (κ2) is 9.54. The van der Waals surface area contributed by atoms with Gasteiger partial charge in [0.1, 0.15) is 12.4 Å². The molecule has 2 aromatic heterocycles. The van der Waals surface area contributed by atoms with Crippen LogP contribution < -0.4 is 10.3 Å². The van der Waals surface area contributed by atoms with Gasteiger partial charge >= 0.3 is 0 Å². The van der Waals surface area contributed by atoms with Gasteiger partial charge in [-0.3, -0.25) is 19.5 Å². The van der Waals surface area contributed by atoms with Gasteiger partial charge in [0.05, 0.1) is 18.2 Å². The maximum atomic E-state index is 13.0. The molecule has 2 aliphatic rings. The topological polar surface area (TPSA) is 80.6 Å². The van der Waals surface area contributed by atoms with Crippen molar-refractivity contribution in [3.05, 3.63) is 76.8 Å². The Morgan fingerprint density at radius 2 is 1.76 bits per heavy atom. The highest BCUT2D eigenvalue weighted by Crippen LogP contribution is 2.28. The summed E-state index contributed by atoms with van der Waals surface area (Å²) >= 11 is 0. The van der Waals surface area contributed by atoms with Crippen molar-refractivity contribution in [2.45, 2.75) is 13.0 Å². The first-order valence-electron chi connectivity index (χ1n) is 11.4. The lowest BCUT2D eigenvalue weighted by molar-refractivity contribution is -0.138. The van der Waals surface area contributed by atoms with Crippen LogP contribution in [0, 0.1) is 5.92 Å². The van der Waals surface area contributed by atoms with Crippen molar-refractivity contribution < 1.29 is 9.53 Å². The van der Waals surface area contributed by atoms with Gasteiger partial charge in [-0.05, 0) is 36.2 Å². The van der Waals surface area contributed by atoms with E-state index in [1.807, 2.05) is 41.3 Å². The Morgan fingerprint density at radius 3 is 2.58 bits per heavy atom. The lowest BCUT2D eigenvalue weighted by Crippen LogP contribution is -2.52. The number of amides is 1. The van der Waals surface area contributed by atoms with Gasteiger partial charge in [0.25, 0.3) is 5.56 Å². The Balaban J connectivity index is 1.14. The summed E-state index contributed by atoms with van der Waals surface area (Å²) < 4.78 is 7.33. The van der Waals surface area contributed by atoms with Crippen LogP contribution in [-0.2, 0) is 17.8 Å². The first-order chi connectivity index (χ1) is 16.2. The number of para-hydroxylation sites is 1. The number of hydrogen-bond acceptors (Lipinski definition) is 6. The summed E-state index contributed by atoms with van der Waals surface area (Å²) in [5.74, 6) is 0.945. The number of piperazine rings is 1. The van der Waals surface area contributed by atoms with E-state index in [-0.39, 0.29) is 17.4 Å². The van der Waals surface area contributed by atoms with Gasteiger partial charge in [0.2, 0.25) is 5.91 Å². The number of benzene rings is 1. The molecule has 1 amide bonds. The van der Waals surface area contributed by atoms with Crippen LogP contribution in [0.5, 0.6) is 5.75 Å². The zero-order chi connectivity index (χ0) is 22.6. The Bertz CT molecular complexity index is 1170. The van der Waals surface area contributed by atoms with E-state index in [1.54, 1.807) is 24.5 Å². The third kappa shape index (κ3) is 4.80. The molecular weight excluding hydrogens is 418 g/mol. The summed E-state index contributed by atoms with van der Waals surface area (Å²) in [6.07, 6.45) is 4.16. The molecule has 8 heteroatoms. The molecule has 0 aliphatic carbocycles. The Morgan fingerprint density at radius 1 is 0.970 bits per heavy atom. The minimum absolute atomic E-state index is 0.112. The molecule has 1 fully saturated rings. The quantitative estimate of drug-likeness (QED) is 0.595. The smallest absolute Gasteiger partial charge is 0.266 e. The van der Waals surface area contributed by atoms with Crippen LogP contribution in [0.4, 0.5) is 0 Å². The highest BCUT2D eigenvalue weighted by atomic mass is 16.5. The van der Waals surface area contributed by atoms with Gasteiger partial charge in [-0.1, -0.05) is 18.2 Å². The number of ether oxygens (including phenoxy) is 1. The molecule has 5 rings (SSSR count). The number of fused-ring (bicyclic) bond motifs is 1. The van der Waals surface area contributed by atoms with Crippen LogP contribution in [0.15, 0.2) is 65.7 Å². The fraction of sp³-hybridized carbons (Fsp3) is 0.360. The molecule has 1 aromatic carbocycles. The van der Waals surface area contributed by atoms with Gasteiger partial charge in [0, 0.05) is 56.7 Å². The monoisotopic (exact) mass is 445 g/mol. The van der Waals surface area contributed by atoms with E-state index in [9.17, 15) is 9.59 Å². The summed E-state index contributed by atoms with van der Waals surface area (Å²) in [7, 11) is 0. The number of pyridine rings is 1. The predicted octanol–water partition coefficient (Wildman–Crippen LogP) is 1.70. The second-order valence-corrected chi connectivity index (χ2v) is 8.50. The van der Waals surface area contributed by atoms with Crippen LogP contribution in [-0.4, -0.2) is 69.8 Å². The predicted molar refractivity (Wildman–Crippen MR) is 124 cm³/mol. The second-order valence-electron chi connectivity index (χ2n) is 8.50. The highest BCUT2D eigenvalue weighted by Gasteiger charge is 2.31. The molecule has 0 N–H and O–H groups in total. The fourth-order valence-electron chi connectivity index (χ4n) is 4.46. The number of rotatable bonds is 5. The molecule has 0 saturated carbocycles. The number of carbonyl (C=O) groups excluding carboxylic acids is 1. The molecule has 0 spiro atoms. The van der Waals surface area contributed by atoms with Crippen molar-refractivity contribution in [2.24, 2.45) is 5.92 Å². The van der Waals surface area contributed by atoms with E-state index in [4.69, 9.17) is 4.74 Å². The normalized spacial score (nSPS) is 18.4. The lowest BCUT2D eigenvalue weighted by atomic mass is 9.95. The van der Waals surface area contributed by atoms with Crippen LogP contribution in [0.1, 0.15) is 5.56 Å². The fourth-order valence-corrected chi connectivity index (χ4v) is 4.46. The molecule has 0 bridgehead atoms. The van der Waals surface area contributed by atoms with Gasteiger partial charge in [0.15, 0.2) is 0 Å². The molecule has 1 atom stereocenters. The van der Waals surface area contributed by atoms with Gasteiger partial charge in [-0.2, -0.15) is 5.10 Å². The van der Waals surface area contributed by atoms with Gasteiger partial charge in [-0.25, -0.2) is 4.68 Å². The van der Waals surface area contributed by atoms with E-state index in [2.05, 4.69) is 15.0 Å². The van der Waals surface area contributed by atoms with Crippen LogP contribution in [0.2, 0.25) is 0 Å². The van der Waals surface area contributed by atoms with Crippen molar-refractivity contribution in [3.8, 4) is 17.0 Å². The van der Waals surface area contributed by atoms with Crippen LogP contribution in [0.25, 0.3) is 11.3 Å². The van der Waals surface area contributed by atoms with Crippen molar-refractivity contribution in [3.63, 3.8) is 0 Å². The van der Waals surface area contributed by atoms with Gasteiger partial charge in [-0.15, -0.1) is 0 Å². The number of nitrogens with zero attached hydrogens (tertiary/aromatic N) is 5. The SMILES string of the molecule is O=C(C1COc2ccccc2C1)N1CCN(CCn2nc(-c3ccncc3)ccc2=O)CC1. The van der Waals surface area contributed by atoms with Crippen LogP contribution >= 0.6 is 0 Å². The Hall–Kier alpha value is -3.52. The zero-order valence-corrected chi connectivity index (χ0v) is 18.5. The Kier molecular flexibility index (Phi) is 6.17. The zero-order valence-electron chi connectivity index (χ0n) is 18.5. The minimum atomic E-state index is -0.120. The molecule has 2 aliphatic heterocycles. The van der Waals surface area contributed by atoms with E-state index < -0.39 is 0 Å². The standard InChI is InChI=1S/C25H27N5O3/c31-24-6-5-22(19-7-9-26-10-8-19)27-30(24)16-13-28-11-14-29(15-12-28)25(32)21-17-20-3-1-2-4-23(20)33-18-21/h1-10,21H,11-18H2. The molecule has 4 heterocycles. The van der Waals surface area contributed by atoms with Crippen molar-refractivity contribution in [1.29, 1.82) is 0 Å². The maximum absolute atomic E-state index is 13.0. The number of hydrogen-bond donors (Lipinski definition) is 0. The molecule has 3 aromatic rings. The summed E-state index contributed by atoms with van der Waals surface area (Å²) in [6, 6.07) is 15.0. The van der Waals surface area contributed by atoms with E-state index in [0.717, 1.165) is 42.1 Å². The third-order valence-corrected chi connectivity index (χ3v) is 6.38. The minimum Gasteiger partial charge on any atom is -0.492 e. The summed E-state index contributed by atoms with van der Waals surface area (Å²) in [5, 5.41) is 4.52. The van der Waals surface area contributed by atoms with E-state index in [1.165, 1.54) is 4.68 Å². The van der Waals surface area contributed by atoms with E-state index >= 15 is 0 Å². The molecule has 33 heavy (non-hydrogen) atoms. The maximum Gasteiger partial charge on any atom is 0.266 e. The van der Waals surface area contributed by atoms with E-state index in [0.29, 0.717) is 32.8 Å². The van der Waals surface area contributed by atoms with Crippen molar-refractivity contribution in [2.75, 3.05) is 39.3 Å². The third-order valence-electron chi connectivity index (χ3n) is 6.38. The average molecular weight is 446 g/mol. The molecular formula is C25H27N5O3. The molecule has 8 nitrogen and oxygen atoms in total. The number of aromatic nitrogens is 3. The van der Waals surface area contributed by atoms with Crippen molar-refractivity contribution in [1.82, 2.24) is 24.6 Å². The molecule has 0 radical (unpaired) electrons. The first-order valence-corrected chi connectivity index (χ1v) is 11.4. The van der Waals surface area contributed by atoms with Crippen molar-refractivity contribution >= 4 is 5.91 Å². The number of carbonyl (C=O) groups is 1. The summed E-state index contributed by atoms with van der Waals surface area (Å²) in [5.41, 5.74) is 2.68. The first kappa shape index (κ1) is 21.3. The average Bonchev–Trinajstić information content (AvgIpc) is 2.88. The largest absolute Gasteiger partial charge is 0.492 e. The molecule has 170 valence electrons. The molecule has 1 saturated heterocycles. The summed E-state index contributed by atoms with van der Waals surface area (Å²) in [6.45, 7) is 4.63. The highest BCUT2D eigenvalue weighted by molar-refractivity contribution is 5.80. The Labute approximate surface area is 192 Å². The molecule has 1 unspecified atom stereocenters. The lowest BCUT2D eigenvalue weighted by Gasteiger charge is -2.37. The van der Waals surface area contributed by atoms with Crippen LogP contribution in [0.3, 0.4) is 0 Å². The van der Waals surface area contributed by atoms with Gasteiger partial charge < -0.3 is 9.64 Å².